The highest BCUT2D eigenvalue weighted by Gasteiger charge is 2.02. The second kappa shape index (κ2) is 13.4. The molecule has 0 aliphatic heterocycles. The molecule has 0 fully saturated rings. The first-order valence-corrected chi connectivity index (χ1v) is 8.47. The predicted octanol–water partition coefficient (Wildman–Crippen LogP) is 3.39. The third kappa shape index (κ3) is 10.1. The van der Waals surface area contributed by atoms with Crippen molar-refractivity contribution in [2.75, 3.05) is 51.2 Å². The molecule has 0 amide bonds. The van der Waals surface area contributed by atoms with E-state index >= 15 is 0 Å². The monoisotopic (exact) mass is 333 g/mol. The van der Waals surface area contributed by atoms with Gasteiger partial charge in [-0.3, -0.25) is 0 Å². The van der Waals surface area contributed by atoms with E-state index in [1.54, 1.807) is 0 Å². The number of nitrogens with zero attached hydrogens (tertiary/aromatic N) is 1. The van der Waals surface area contributed by atoms with Crippen molar-refractivity contribution in [3.63, 3.8) is 0 Å². The number of ether oxygens (including phenoxy) is 2. The van der Waals surface area contributed by atoms with Crippen LogP contribution >= 0.6 is 23.2 Å². The zero-order chi connectivity index (χ0) is 15.2. The Morgan fingerprint density at radius 3 is 2.14 bits per heavy atom. The van der Waals surface area contributed by atoms with Crippen molar-refractivity contribution in [2.24, 2.45) is 0 Å². The van der Waals surface area contributed by atoms with Crippen molar-refractivity contribution in [3.8, 4) is 0 Å². The molecule has 1 aromatic carbocycles. The van der Waals surface area contributed by atoms with Gasteiger partial charge in [0, 0.05) is 38.0 Å². The maximum atomic E-state index is 5.75. The van der Waals surface area contributed by atoms with Gasteiger partial charge >= 0.3 is 0 Å². The molecule has 0 radical (unpaired) electrons. The van der Waals surface area contributed by atoms with E-state index in [1.165, 1.54) is 5.56 Å². The first-order valence-electron chi connectivity index (χ1n) is 7.40. The number of halogens is 2. The molecular weight excluding hydrogens is 309 g/mol. The Hall–Kier alpha value is -0.320. The molecule has 1 rings (SSSR count). The van der Waals surface area contributed by atoms with Crippen LogP contribution in [0.4, 0.5) is 0 Å². The summed E-state index contributed by atoms with van der Waals surface area (Å²) in [5.41, 5.74) is 1.19. The molecule has 0 saturated carbocycles. The van der Waals surface area contributed by atoms with Crippen LogP contribution in [0.25, 0.3) is 0 Å². The lowest BCUT2D eigenvalue weighted by atomic mass is 10.2. The summed E-state index contributed by atoms with van der Waals surface area (Å²) < 4.78 is 11.1. The average Bonchev–Trinajstić information content (AvgIpc) is 2.51. The van der Waals surface area contributed by atoms with Crippen molar-refractivity contribution < 1.29 is 9.47 Å². The molecule has 0 N–H and O–H groups in total. The van der Waals surface area contributed by atoms with Crippen LogP contribution < -0.4 is 0 Å². The van der Waals surface area contributed by atoms with Crippen LogP contribution in [-0.2, 0) is 16.1 Å². The summed E-state index contributed by atoms with van der Waals surface area (Å²) in [6.07, 6.45) is 0.993. The van der Waals surface area contributed by atoms with Crippen molar-refractivity contribution in [1.82, 2.24) is 4.90 Å². The molecule has 0 spiro atoms. The Labute approximate surface area is 138 Å². The largest absolute Gasteiger partial charge is 0.379 e. The highest BCUT2D eigenvalue weighted by molar-refractivity contribution is 6.18. The molecule has 1 aromatic rings. The van der Waals surface area contributed by atoms with E-state index in [4.69, 9.17) is 32.7 Å². The summed E-state index contributed by atoms with van der Waals surface area (Å²) in [7, 11) is 0. The molecule has 120 valence electrons. The van der Waals surface area contributed by atoms with E-state index in [0.29, 0.717) is 31.6 Å². The Balaban J connectivity index is 1.92. The Morgan fingerprint density at radius 1 is 0.810 bits per heavy atom. The van der Waals surface area contributed by atoms with Crippen LogP contribution in [0.1, 0.15) is 12.0 Å². The highest BCUT2D eigenvalue weighted by Crippen LogP contribution is 2.00. The highest BCUT2D eigenvalue weighted by atomic mass is 35.5. The van der Waals surface area contributed by atoms with Crippen LogP contribution in [0, 0.1) is 0 Å². The van der Waals surface area contributed by atoms with E-state index in [1.807, 2.05) is 18.2 Å². The topological polar surface area (TPSA) is 21.7 Å². The third-order valence-electron chi connectivity index (χ3n) is 3.05. The molecule has 0 aliphatic rings. The fourth-order valence-electron chi connectivity index (χ4n) is 1.95. The smallest absolute Gasteiger partial charge is 0.0718 e. The van der Waals surface area contributed by atoms with Crippen molar-refractivity contribution in [3.05, 3.63) is 35.9 Å². The Morgan fingerprint density at radius 2 is 1.48 bits per heavy atom. The van der Waals surface area contributed by atoms with E-state index in [9.17, 15) is 0 Å². The van der Waals surface area contributed by atoms with Gasteiger partial charge in [0.2, 0.25) is 0 Å². The number of alkyl halides is 2. The van der Waals surface area contributed by atoms with Crippen molar-refractivity contribution >= 4 is 23.2 Å². The van der Waals surface area contributed by atoms with Crippen LogP contribution in [0.2, 0.25) is 0 Å². The quantitative estimate of drug-likeness (QED) is 0.408. The van der Waals surface area contributed by atoms with Gasteiger partial charge in [-0.25, -0.2) is 0 Å². The second-order valence-electron chi connectivity index (χ2n) is 4.72. The fraction of sp³-hybridized carbons (Fsp3) is 0.625. The third-order valence-corrected chi connectivity index (χ3v) is 3.39. The molecule has 0 aliphatic carbocycles. The van der Waals surface area contributed by atoms with Gasteiger partial charge in [-0.05, 0) is 12.0 Å². The maximum Gasteiger partial charge on any atom is 0.0718 e. The van der Waals surface area contributed by atoms with E-state index < -0.39 is 0 Å². The SMILES string of the molecule is ClCCN(CCCl)CCCOCCOCc1ccccc1. The lowest BCUT2D eigenvalue weighted by Gasteiger charge is -2.19. The number of hydrogen-bond acceptors (Lipinski definition) is 3. The summed E-state index contributed by atoms with van der Waals surface area (Å²) in [5, 5.41) is 0. The van der Waals surface area contributed by atoms with Crippen LogP contribution in [0.3, 0.4) is 0 Å². The molecule has 0 atom stereocenters. The zero-order valence-corrected chi connectivity index (χ0v) is 14.0. The summed E-state index contributed by atoms with van der Waals surface area (Å²) in [6, 6.07) is 10.2. The average molecular weight is 334 g/mol. The number of hydrogen-bond donors (Lipinski definition) is 0. The Bertz CT molecular complexity index is 332. The first kappa shape index (κ1) is 18.7. The van der Waals surface area contributed by atoms with Gasteiger partial charge in [0.25, 0.3) is 0 Å². The molecule has 0 heterocycles. The van der Waals surface area contributed by atoms with Crippen LogP contribution in [0.15, 0.2) is 30.3 Å². The minimum absolute atomic E-state index is 0.627. The van der Waals surface area contributed by atoms with Crippen molar-refractivity contribution in [2.45, 2.75) is 13.0 Å². The number of rotatable bonds is 13. The van der Waals surface area contributed by atoms with Gasteiger partial charge < -0.3 is 14.4 Å². The summed E-state index contributed by atoms with van der Waals surface area (Å²) in [4.78, 5) is 2.26. The number of benzene rings is 1. The maximum absolute atomic E-state index is 5.75. The molecule has 0 aromatic heterocycles. The standard InChI is InChI=1S/C16H25Cl2NO2/c17-7-10-19(11-8-18)9-4-12-20-13-14-21-15-16-5-2-1-3-6-16/h1-3,5-6H,4,7-15H2. The normalized spacial score (nSPS) is 11.2. The lowest BCUT2D eigenvalue weighted by Crippen LogP contribution is -2.29. The van der Waals surface area contributed by atoms with Gasteiger partial charge in [0.1, 0.15) is 0 Å². The van der Waals surface area contributed by atoms with E-state index in [2.05, 4.69) is 17.0 Å². The van der Waals surface area contributed by atoms with Crippen LogP contribution in [-0.4, -0.2) is 56.1 Å². The van der Waals surface area contributed by atoms with Gasteiger partial charge in [-0.1, -0.05) is 30.3 Å². The molecule has 0 bridgehead atoms. The van der Waals surface area contributed by atoms with Gasteiger partial charge in [0.15, 0.2) is 0 Å². The van der Waals surface area contributed by atoms with E-state index in [-0.39, 0.29) is 0 Å². The summed E-state index contributed by atoms with van der Waals surface area (Å²) in [5.74, 6) is 1.29. The van der Waals surface area contributed by atoms with E-state index in [0.717, 1.165) is 32.7 Å². The minimum atomic E-state index is 0.627. The molecule has 3 nitrogen and oxygen atoms in total. The van der Waals surface area contributed by atoms with Crippen LogP contribution in [0.5, 0.6) is 0 Å². The van der Waals surface area contributed by atoms with Gasteiger partial charge in [-0.2, -0.15) is 0 Å². The molecule has 0 saturated heterocycles. The van der Waals surface area contributed by atoms with Gasteiger partial charge in [-0.15, -0.1) is 23.2 Å². The molecular formula is C16H25Cl2NO2. The Kier molecular flexibility index (Phi) is 11.9. The minimum Gasteiger partial charge on any atom is -0.379 e. The first-order chi connectivity index (χ1) is 10.4. The second-order valence-corrected chi connectivity index (χ2v) is 5.48. The predicted molar refractivity (Wildman–Crippen MR) is 89.4 cm³/mol. The lowest BCUT2D eigenvalue weighted by molar-refractivity contribution is 0.0377. The zero-order valence-electron chi connectivity index (χ0n) is 12.5. The molecule has 21 heavy (non-hydrogen) atoms. The fourth-order valence-corrected chi connectivity index (χ4v) is 2.43. The summed E-state index contributed by atoms with van der Waals surface area (Å²) >= 11 is 11.5. The molecule has 5 heteroatoms. The summed E-state index contributed by atoms with van der Waals surface area (Å²) in [6.45, 7) is 5.40. The van der Waals surface area contributed by atoms with Gasteiger partial charge in [0.05, 0.1) is 19.8 Å². The van der Waals surface area contributed by atoms with Crippen molar-refractivity contribution in [1.29, 1.82) is 0 Å². The molecule has 0 unspecified atom stereocenters.